The molecule has 11 heteroatoms. The number of rotatable bonds is 6. The van der Waals surface area contributed by atoms with Gasteiger partial charge < -0.3 is 18.9 Å². The quantitative estimate of drug-likeness (QED) is 0.701. The highest BCUT2D eigenvalue weighted by Gasteiger charge is 2.32. The first-order valence-electron chi connectivity index (χ1n) is 7.54. The van der Waals surface area contributed by atoms with E-state index in [1.165, 1.54) is 30.5 Å². The molecular weight excluding hydrogens is 371 g/mol. The van der Waals surface area contributed by atoms with E-state index in [1.807, 2.05) is 0 Å². The average molecular weight is 383 g/mol. The first-order valence-corrected chi connectivity index (χ1v) is 7.54. The molecule has 8 nitrogen and oxygen atoms in total. The van der Waals surface area contributed by atoms with E-state index in [1.54, 1.807) is 6.07 Å². The summed E-state index contributed by atoms with van der Waals surface area (Å²) in [5, 5.41) is 6.22. The first kappa shape index (κ1) is 18.3. The van der Waals surface area contributed by atoms with Crippen molar-refractivity contribution < 1.29 is 31.5 Å². The molecule has 0 fully saturated rings. The van der Waals surface area contributed by atoms with Crippen molar-refractivity contribution in [2.24, 2.45) is 0 Å². The Labute approximate surface area is 149 Å². The third-order valence-electron chi connectivity index (χ3n) is 3.31. The molecule has 0 saturated heterocycles. The van der Waals surface area contributed by atoms with Gasteiger partial charge in [0.25, 0.3) is 5.89 Å². The van der Waals surface area contributed by atoms with Crippen molar-refractivity contribution in [3.63, 3.8) is 0 Å². The molecule has 0 saturated carbocycles. The molecule has 142 valence electrons. The van der Waals surface area contributed by atoms with Crippen LogP contribution >= 0.6 is 0 Å². The standard InChI is InChI=1S/C16H12F3N3O5/c17-16(18,19)27-11-5-2-1-4-10(11)8-20-13(23)9-22-15(24)26-14(21-22)12-6-3-7-25-12/h1-7H,8-9H2,(H,20,23). The number of aromatic nitrogens is 2. The van der Waals surface area contributed by atoms with E-state index in [2.05, 4.69) is 15.2 Å². The highest BCUT2D eigenvalue weighted by molar-refractivity contribution is 5.75. The largest absolute Gasteiger partial charge is 0.573 e. The maximum Gasteiger partial charge on any atom is 0.573 e. The zero-order valence-electron chi connectivity index (χ0n) is 13.5. The SMILES string of the molecule is O=C(Cn1nc(-c2ccco2)oc1=O)NCc1ccccc1OC(F)(F)F. The third kappa shape index (κ3) is 4.77. The maximum absolute atomic E-state index is 12.4. The maximum atomic E-state index is 12.4. The predicted molar refractivity (Wildman–Crippen MR) is 83.4 cm³/mol. The average Bonchev–Trinajstić information content (AvgIpc) is 3.23. The molecule has 0 radical (unpaired) electrons. The van der Waals surface area contributed by atoms with Crippen LogP contribution in [0.5, 0.6) is 5.75 Å². The van der Waals surface area contributed by atoms with Gasteiger partial charge in [-0.3, -0.25) is 4.79 Å². The summed E-state index contributed by atoms with van der Waals surface area (Å²) in [5.74, 6) is -1.84. The lowest BCUT2D eigenvalue weighted by atomic mass is 10.2. The van der Waals surface area contributed by atoms with Gasteiger partial charge >= 0.3 is 12.1 Å². The minimum atomic E-state index is -4.85. The minimum Gasteiger partial charge on any atom is -0.459 e. The fourth-order valence-corrected chi connectivity index (χ4v) is 2.17. The molecule has 0 atom stereocenters. The first-order chi connectivity index (χ1) is 12.8. The van der Waals surface area contributed by atoms with Crippen LogP contribution in [0.25, 0.3) is 11.7 Å². The molecule has 0 aliphatic rings. The van der Waals surface area contributed by atoms with E-state index in [0.717, 1.165) is 10.7 Å². The van der Waals surface area contributed by atoms with Crippen LogP contribution in [-0.4, -0.2) is 22.1 Å². The van der Waals surface area contributed by atoms with Gasteiger partial charge in [-0.25, -0.2) is 4.79 Å². The summed E-state index contributed by atoms with van der Waals surface area (Å²) in [6.45, 7) is -0.714. The molecule has 0 aliphatic heterocycles. The van der Waals surface area contributed by atoms with Gasteiger partial charge in [0.1, 0.15) is 12.3 Å². The molecule has 1 amide bonds. The van der Waals surface area contributed by atoms with Gasteiger partial charge in [0.15, 0.2) is 5.76 Å². The summed E-state index contributed by atoms with van der Waals surface area (Å²) < 4.78 is 51.8. The Morgan fingerprint density at radius 3 is 2.70 bits per heavy atom. The van der Waals surface area contributed by atoms with Gasteiger partial charge in [0.05, 0.1) is 6.26 Å². The van der Waals surface area contributed by atoms with Gasteiger partial charge in [0.2, 0.25) is 5.91 Å². The zero-order chi connectivity index (χ0) is 19.4. The molecular formula is C16H12F3N3O5. The van der Waals surface area contributed by atoms with Crippen molar-refractivity contribution in [2.75, 3.05) is 0 Å². The fourth-order valence-electron chi connectivity index (χ4n) is 2.17. The predicted octanol–water partition coefficient (Wildman–Crippen LogP) is 2.31. The Bertz CT molecular complexity index is 976. The number of hydrogen-bond donors (Lipinski definition) is 1. The van der Waals surface area contributed by atoms with Gasteiger partial charge in [0, 0.05) is 12.1 Å². The summed E-state index contributed by atoms with van der Waals surface area (Å²) in [6, 6.07) is 8.47. The Morgan fingerprint density at radius 2 is 2.00 bits per heavy atom. The number of amides is 1. The van der Waals surface area contributed by atoms with E-state index < -0.39 is 30.3 Å². The number of para-hydroxylation sites is 1. The third-order valence-corrected chi connectivity index (χ3v) is 3.31. The van der Waals surface area contributed by atoms with Crippen LogP contribution in [0, 0.1) is 0 Å². The second-order valence-corrected chi connectivity index (χ2v) is 5.24. The number of nitrogens with one attached hydrogen (secondary N) is 1. The number of alkyl halides is 3. The van der Waals surface area contributed by atoms with Crippen LogP contribution in [-0.2, 0) is 17.9 Å². The van der Waals surface area contributed by atoms with E-state index in [-0.39, 0.29) is 23.8 Å². The molecule has 1 aromatic carbocycles. The van der Waals surface area contributed by atoms with E-state index in [0.29, 0.717) is 0 Å². The molecule has 0 bridgehead atoms. The number of furan rings is 1. The minimum absolute atomic E-state index is 0.0956. The molecule has 3 rings (SSSR count). The molecule has 3 aromatic rings. The van der Waals surface area contributed by atoms with E-state index in [9.17, 15) is 22.8 Å². The van der Waals surface area contributed by atoms with Crippen LogP contribution in [0.2, 0.25) is 0 Å². The van der Waals surface area contributed by atoms with E-state index >= 15 is 0 Å². The molecule has 1 N–H and O–H groups in total. The van der Waals surface area contributed by atoms with Gasteiger partial charge in [-0.1, -0.05) is 18.2 Å². The number of carbonyl (C=O) groups excluding carboxylic acids is 1. The fraction of sp³-hybridized carbons (Fsp3) is 0.188. The van der Waals surface area contributed by atoms with Crippen LogP contribution in [0.4, 0.5) is 13.2 Å². The van der Waals surface area contributed by atoms with Crippen LogP contribution in [0.3, 0.4) is 0 Å². The Morgan fingerprint density at radius 1 is 1.22 bits per heavy atom. The van der Waals surface area contributed by atoms with Crippen LogP contribution in [0.1, 0.15) is 5.56 Å². The second-order valence-electron chi connectivity index (χ2n) is 5.24. The summed E-state index contributed by atoms with van der Waals surface area (Å²) in [5.41, 5.74) is 0.118. The lowest BCUT2D eigenvalue weighted by Gasteiger charge is -2.13. The van der Waals surface area contributed by atoms with Crippen molar-refractivity contribution in [2.45, 2.75) is 19.5 Å². The Kier molecular flexibility index (Phi) is 5.01. The normalized spacial score (nSPS) is 11.4. The smallest absolute Gasteiger partial charge is 0.459 e. The Balaban J connectivity index is 1.64. The van der Waals surface area contributed by atoms with Gasteiger partial charge in [-0.2, -0.15) is 4.68 Å². The number of nitrogens with zero attached hydrogens (tertiary/aromatic N) is 2. The van der Waals surface area contributed by atoms with Crippen LogP contribution in [0.15, 0.2) is 56.3 Å². The lowest BCUT2D eigenvalue weighted by molar-refractivity contribution is -0.274. The summed E-state index contributed by atoms with van der Waals surface area (Å²) in [7, 11) is 0. The van der Waals surface area contributed by atoms with Crippen molar-refractivity contribution in [1.82, 2.24) is 15.1 Å². The summed E-state index contributed by atoms with van der Waals surface area (Å²) >= 11 is 0. The summed E-state index contributed by atoms with van der Waals surface area (Å²) in [4.78, 5) is 23.7. The molecule has 0 spiro atoms. The highest BCUT2D eigenvalue weighted by Crippen LogP contribution is 2.26. The van der Waals surface area contributed by atoms with Crippen molar-refractivity contribution >= 4 is 5.91 Å². The number of halogens is 3. The van der Waals surface area contributed by atoms with Gasteiger partial charge in [-0.15, -0.1) is 18.3 Å². The topological polar surface area (TPSA) is 99.5 Å². The summed E-state index contributed by atoms with van der Waals surface area (Å²) in [6.07, 6.45) is -3.49. The number of hydrogen-bond acceptors (Lipinski definition) is 6. The number of ether oxygens (including phenoxy) is 1. The number of benzene rings is 1. The highest BCUT2D eigenvalue weighted by atomic mass is 19.4. The molecule has 0 unspecified atom stereocenters. The Hall–Kier alpha value is -3.50. The lowest BCUT2D eigenvalue weighted by Crippen LogP contribution is -2.31. The molecule has 2 heterocycles. The van der Waals surface area contributed by atoms with Crippen LogP contribution < -0.4 is 15.8 Å². The monoisotopic (exact) mass is 383 g/mol. The molecule has 0 aliphatic carbocycles. The number of carbonyl (C=O) groups is 1. The van der Waals surface area contributed by atoms with Gasteiger partial charge in [-0.05, 0) is 18.2 Å². The van der Waals surface area contributed by atoms with Crippen molar-refractivity contribution in [3.8, 4) is 17.4 Å². The molecule has 2 aromatic heterocycles. The second kappa shape index (κ2) is 7.40. The van der Waals surface area contributed by atoms with E-state index in [4.69, 9.17) is 8.83 Å². The zero-order valence-corrected chi connectivity index (χ0v) is 13.5. The van der Waals surface area contributed by atoms with Crippen molar-refractivity contribution in [1.29, 1.82) is 0 Å². The molecule has 27 heavy (non-hydrogen) atoms. The van der Waals surface area contributed by atoms with Crippen molar-refractivity contribution in [3.05, 3.63) is 58.8 Å².